The largest absolute Gasteiger partial charge is 0.322 e. The van der Waals surface area contributed by atoms with E-state index in [9.17, 15) is 4.79 Å². The number of aromatic nitrogens is 2. The fraction of sp³-hybridized carbons (Fsp3) is 0.0588. The molecule has 2 aromatic heterocycles. The highest BCUT2D eigenvalue weighted by Crippen LogP contribution is 2.21. The van der Waals surface area contributed by atoms with E-state index in [1.165, 1.54) is 6.08 Å². The molecule has 0 aliphatic carbocycles. The van der Waals surface area contributed by atoms with Crippen LogP contribution in [0.4, 0.5) is 5.69 Å². The van der Waals surface area contributed by atoms with E-state index in [4.69, 9.17) is 23.2 Å². The number of imidazole rings is 1. The minimum atomic E-state index is -0.271. The van der Waals surface area contributed by atoms with E-state index >= 15 is 0 Å². The lowest BCUT2D eigenvalue weighted by Gasteiger charge is -2.04. The number of halogens is 2. The zero-order valence-electron chi connectivity index (χ0n) is 12.3. The van der Waals surface area contributed by atoms with Crippen LogP contribution in [0.15, 0.2) is 48.7 Å². The number of hydrogen-bond donors (Lipinski definition) is 1. The number of rotatable bonds is 3. The maximum absolute atomic E-state index is 12.0. The molecule has 1 N–H and O–H groups in total. The van der Waals surface area contributed by atoms with E-state index in [-0.39, 0.29) is 5.91 Å². The van der Waals surface area contributed by atoms with Gasteiger partial charge in [-0.3, -0.25) is 9.20 Å². The molecular weight excluding hydrogens is 333 g/mol. The molecule has 0 saturated carbocycles. The van der Waals surface area contributed by atoms with Gasteiger partial charge < -0.3 is 5.32 Å². The number of fused-ring (bicyclic) bond motifs is 1. The van der Waals surface area contributed by atoms with Gasteiger partial charge in [0.25, 0.3) is 0 Å². The zero-order chi connectivity index (χ0) is 16.4. The van der Waals surface area contributed by atoms with E-state index in [0.717, 1.165) is 11.2 Å². The second-order valence-corrected chi connectivity index (χ2v) is 5.77. The number of amides is 1. The van der Waals surface area contributed by atoms with Crippen LogP contribution >= 0.6 is 23.2 Å². The van der Waals surface area contributed by atoms with Gasteiger partial charge in [-0.2, -0.15) is 0 Å². The Bertz CT molecular complexity index is 915. The summed E-state index contributed by atoms with van der Waals surface area (Å²) in [4.78, 5) is 16.3. The molecule has 0 radical (unpaired) electrons. The molecule has 6 heteroatoms. The van der Waals surface area contributed by atoms with Crippen molar-refractivity contribution in [2.75, 3.05) is 5.32 Å². The number of pyridine rings is 1. The Morgan fingerprint density at radius 2 is 2.09 bits per heavy atom. The number of carbonyl (C=O) groups excluding carboxylic acids is 1. The Labute approximate surface area is 143 Å². The summed E-state index contributed by atoms with van der Waals surface area (Å²) in [7, 11) is 0. The van der Waals surface area contributed by atoms with Gasteiger partial charge in [-0.1, -0.05) is 35.3 Å². The van der Waals surface area contributed by atoms with Gasteiger partial charge in [0.15, 0.2) is 5.15 Å². The van der Waals surface area contributed by atoms with Crippen LogP contribution in [0.3, 0.4) is 0 Å². The summed E-state index contributed by atoms with van der Waals surface area (Å²) in [5.41, 5.74) is 2.97. The van der Waals surface area contributed by atoms with E-state index in [2.05, 4.69) is 10.3 Å². The maximum atomic E-state index is 12.0. The molecular formula is C17H13Cl2N3O. The molecule has 23 heavy (non-hydrogen) atoms. The minimum absolute atomic E-state index is 0.271. The molecule has 0 aliphatic heterocycles. The lowest BCUT2D eigenvalue weighted by atomic mass is 10.2. The van der Waals surface area contributed by atoms with Crippen molar-refractivity contribution < 1.29 is 4.79 Å². The first-order valence-electron chi connectivity index (χ1n) is 6.92. The maximum Gasteiger partial charge on any atom is 0.248 e. The Balaban J connectivity index is 1.80. The number of benzene rings is 1. The predicted octanol–water partition coefficient (Wildman–Crippen LogP) is 4.60. The molecule has 1 amide bonds. The van der Waals surface area contributed by atoms with Gasteiger partial charge in [-0.25, -0.2) is 4.98 Å². The first kappa shape index (κ1) is 15.6. The fourth-order valence-corrected chi connectivity index (χ4v) is 2.57. The number of hydrogen-bond acceptors (Lipinski definition) is 2. The summed E-state index contributed by atoms with van der Waals surface area (Å²) in [6.45, 7) is 1.90. The third kappa shape index (κ3) is 3.38. The van der Waals surface area contributed by atoms with Crippen LogP contribution in [0.2, 0.25) is 10.2 Å². The highest BCUT2D eigenvalue weighted by molar-refractivity contribution is 6.32. The third-order valence-corrected chi connectivity index (χ3v) is 4.04. The summed E-state index contributed by atoms with van der Waals surface area (Å²) >= 11 is 12.2. The van der Waals surface area contributed by atoms with E-state index < -0.39 is 0 Å². The quantitative estimate of drug-likeness (QED) is 0.705. The highest BCUT2D eigenvalue weighted by Gasteiger charge is 2.07. The lowest BCUT2D eigenvalue weighted by molar-refractivity contribution is -0.111. The van der Waals surface area contributed by atoms with Crippen molar-refractivity contribution in [2.45, 2.75) is 6.92 Å². The first-order valence-corrected chi connectivity index (χ1v) is 7.68. The summed E-state index contributed by atoms with van der Waals surface area (Å²) in [5.74, 6) is -0.271. The lowest BCUT2D eigenvalue weighted by Crippen LogP contribution is -2.07. The van der Waals surface area contributed by atoms with Crippen LogP contribution in [-0.2, 0) is 4.79 Å². The van der Waals surface area contributed by atoms with Crippen LogP contribution in [0, 0.1) is 6.92 Å². The Morgan fingerprint density at radius 1 is 1.26 bits per heavy atom. The molecule has 0 atom stereocenters. The average molecular weight is 346 g/mol. The Morgan fingerprint density at radius 3 is 2.87 bits per heavy atom. The zero-order valence-corrected chi connectivity index (χ0v) is 13.8. The van der Waals surface area contributed by atoms with Gasteiger partial charge in [0, 0.05) is 23.0 Å². The molecule has 4 nitrogen and oxygen atoms in total. The standard InChI is InChI=1S/C17H13Cl2N3O/c1-11-5-6-12(10-13(11)18)20-16(23)8-7-14-17(19)21-15-4-2-3-9-22(14)15/h2-10H,1H3,(H,20,23)/b8-7+. The van der Waals surface area contributed by atoms with Gasteiger partial charge in [0.1, 0.15) is 5.65 Å². The topological polar surface area (TPSA) is 46.4 Å². The monoisotopic (exact) mass is 345 g/mol. The first-order chi connectivity index (χ1) is 11.0. The molecule has 0 bridgehead atoms. The highest BCUT2D eigenvalue weighted by atomic mass is 35.5. The number of nitrogens with one attached hydrogen (secondary N) is 1. The molecule has 0 saturated heterocycles. The Kier molecular flexibility index (Phi) is 4.37. The summed E-state index contributed by atoms with van der Waals surface area (Å²) < 4.78 is 1.81. The number of carbonyl (C=O) groups is 1. The van der Waals surface area contributed by atoms with Crippen molar-refractivity contribution in [3.05, 3.63) is 70.1 Å². The SMILES string of the molecule is Cc1ccc(NC(=O)/C=C/c2c(Cl)nc3ccccn23)cc1Cl. The number of aryl methyl sites for hydroxylation is 1. The van der Waals surface area contributed by atoms with Crippen molar-refractivity contribution in [3.8, 4) is 0 Å². The van der Waals surface area contributed by atoms with Crippen LogP contribution in [0.25, 0.3) is 11.7 Å². The van der Waals surface area contributed by atoms with Crippen LogP contribution in [0.1, 0.15) is 11.3 Å². The van der Waals surface area contributed by atoms with Gasteiger partial charge in [-0.05, 0) is 42.8 Å². The fourth-order valence-electron chi connectivity index (χ4n) is 2.14. The van der Waals surface area contributed by atoms with Crippen molar-refractivity contribution in [3.63, 3.8) is 0 Å². The average Bonchev–Trinajstić information content (AvgIpc) is 2.84. The molecule has 3 aromatic rings. The van der Waals surface area contributed by atoms with E-state index in [0.29, 0.717) is 21.6 Å². The summed E-state index contributed by atoms with van der Waals surface area (Å²) in [5, 5.41) is 3.71. The van der Waals surface area contributed by atoms with Crippen molar-refractivity contribution in [1.82, 2.24) is 9.38 Å². The normalized spacial score (nSPS) is 11.3. The molecule has 0 aliphatic rings. The molecule has 0 unspecified atom stereocenters. The van der Waals surface area contributed by atoms with Crippen LogP contribution in [-0.4, -0.2) is 15.3 Å². The molecule has 2 heterocycles. The predicted molar refractivity (Wildman–Crippen MR) is 94.1 cm³/mol. The van der Waals surface area contributed by atoms with Crippen LogP contribution in [0.5, 0.6) is 0 Å². The molecule has 3 rings (SSSR count). The van der Waals surface area contributed by atoms with E-state index in [1.54, 1.807) is 18.2 Å². The second kappa shape index (κ2) is 6.44. The van der Waals surface area contributed by atoms with Gasteiger partial charge in [0.05, 0.1) is 5.69 Å². The van der Waals surface area contributed by atoms with Crippen molar-refractivity contribution in [1.29, 1.82) is 0 Å². The summed E-state index contributed by atoms with van der Waals surface area (Å²) in [6, 6.07) is 11.0. The number of anilines is 1. The minimum Gasteiger partial charge on any atom is -0.322 e. The molecule has 1 aromatic carbocycles. The van der Waals surface area contributed by atoms with Gasteiger partial charge in [0.2, 0.25) is 5.91 Å². The second-order valence-electron chi connectivity index (χ2n) is 5.00. The smallest absolute Gasteiger partial charge is 0.248 e. The van der Waals surface area contributed by atoms with Gasteiger partial charge >= 0.3 is 0 Å². The molecule has 0 fully saturated rings. The third-order valence-electron chi connectivity index (χ3n) is 3.35. The van der Waals surface area contributed by atoms with Crippen molar-refractivity contribution >= 4 is 46.5 Å². The van der Waals surface area contributed by atoms with Crippen LogP contribution < -0.4 is 5.32 Å². The number of nitrogens with zero attached hydrogens (tertiary/aromatic N) is 2. The molecule has 0 spiro atoms. The molecule has 116 valence electrons. The summed E-state index contributed by atoms with van der Waals surface area (Å²) in [6.07, 6.45) is 4.88. The van der Waals surface area contributed by atoms with Crippen molar-refractivity contribution in [2.24, 2.45) is 0 Å². The Hall–Kier alpha value is -2.30. The van der Waals surface area contributed by atoms with E-state index in [1.807, 2.05) is 41.8 Å². The van der Waals surface area contributed by atoms with Gasteiger partial charge in [-0.15, -0.1) is 0 Å².